The van der Waals surface area contributed by atoms with Crippen molar-refractivity contribution in [2.75, 3.05) is 6.54 Å². The Kier molecular flexibility index (Phi) is 4.83. The summed E-state index contributed by atoms with van der Waals surface area (Å²) in [5, 5.41) is 4.00. The Bertz CT molecular complexity index is 450. The van der Waals surface area contributed by atoms with Crippen LogP contribution in [0.5, 0.6) is 0 Å². The van der Waals surface area contributed by atoms with Gasteiger partial charge in [-0.1, -0.05) is 44.0 Å². The highest BCUT2D eigenvalue weighted by Gasteiger charge is 2.35. The standard InChI is InChI=1S/C15H21ClN2O/c1-3-6-13(4-2)18-14(19)10-17-15(18)11-7-5-8-12(16)9-11/h5,7-9,13,15,17H,3-4,6,10H2,1-2H3. The first-order chi connectivity index (χ1) is 9.17. The number of carbonyl (C=O) groups is 1. The maximum Gasteiger partial charge on any atom is 0.238 e. The van der Waals surface area contributed by atoms with Crippen molar-refractivity contribution in [2.45, 2.75) is 45.3 Å². The minimum atomic E-state index is -0.0392. The number of hydrogen-bond donors (Lipinski definition) is 1. The Balaban J connectivity index is 2.26. The lowest BCUT2D eigenvalue weighted by atomic mass is 10.0. The summed E-state index contributed by atoms with van der Waals surface area (Å²) in [6.07, 6.45) is 3.08. The molecule has 2 atom stereocenters. The molecule has 3 nitrogen and oxygen atoms in total. The van der Waals surface area contributed by atoms with Gasteiger partial charge in [-0.25, -0.2) is 0 Å². The van der Waals surface area contributed by atoms with Gasteiger partial charge in [0.25, 0.3) is 0 Å². The second kappa shape index (κ2) is 6.40. The van der Waals surface area contributed by atoms with Crippen LogP contribution in [-0.2, 0) is 4.79 Å². The third-order valence-electron chi connectivity index (χ3n) is 3.66. The monoisotopic (exact) mass is 280 g/mol. The van der Waals surface area contributed by atoms with Gasteiger partial charge in [0.1, 0.15) is 6.17 Å². The molecule has 0 aromatic heterocycles. The number of halogens is 1. The lowest BCUT2D eigenvalue weighted by Gasteiger charge is -2.32. The Labute approximate surface area is 119 Å². The fourth-order valence-electron chi connectivity index (χ4n) is 2.76. The van der Waals surface area contributed by atoms with Gasteiger partial charge in [-0.2, -0.15) is 0 Å². The molecule has 0 bridgehead atoms. The Hall–Kier alpha value is -1.06. The maximum absolute atomic E-state index is 12.1. The number of hydrogen-bond acceptors (Lipinski definition) is 2. The Morgan fingerprint density at radius 3 is 2.89 bits per heavy atom. The maximum atomic E-state index is 12.1. The molecule has 1 fully saturated rings. The predicted molar refractivity (Wildman–Crippen MR) is 78.0 cm³/mol. The topological polar surface area (TPSA) is 32.3 Å². The average molecular weight is 281 g/mol. The molecule has 1 aromatic rings. The van der Waals surface area contributed by atoms with Gasteiger partial charge in [-0.05, 0) is 30.5 Å². The molecule has 1 aliphatic heterocycles. The van der Waals surface area contributed by atoms with E-state index in [1.54, 1.807) is 0 Å². The molecule has 0 radical (unpaired) electrons. The number of nitrogens with one attached hydrogen (secondary N) is 1. The van der Waals surface area contributed by atoms with Crippen molar-refractivity contribution in [3.63, 3.8) is 0 Å². The molecule has 0 spiro atoms. The van der Waals surface area contributed by atoms with Crippen molar-refractivity contribution in [1.82, 2.24) is 10.2 Å². The predicted octanol–water partition coefficient (Wildman–Crippen LogP) is 3.35. The van der Waals surface area contributed by atoms with Crippen LogP contribution in [0.15, 0.2) is 24.3 Å². The van der Waals surface area contributed by atoms with E-state index in [0.717, 1.165) is 24.8 Å². The fourth-order valence-corrected chi connectivity index (χ4v) is 2.96. The van der Waals surface area contributed by atoms with Crippen LogP contribution in [0.2, 0.25) is 5.02 Å². The number of nitrogens with zero attached hydrogens (tertiary/aromatic N) is 1. The molecule has 2 rings (SSSR count). The molecule has 4 heteroatoms. The van der Waals surface area contributed by atoms with E-state index in [4.69, 9.17) is 11.6 Å². The Morgan fingerprint density at radius 1 is 1.47 bits per heavy atom. The van der Waals surface area contributed by atoms with Crippen molar-refractivity contribution in [3.8, 4) is 0 Å². The van der Waals surface area contributed by atoms with Crippen LogP contribution in [0.25, 0.3) is 0 Å². The second-order valence-corrected chi connectivity index (χ2v) is 5.43. The van der Waals surface area contributed by atoms with Crippen molar-refractivity contribution in [1.29, 1.82) is 0 Å². The van der Waals surface area contributed by atoms with E-state index in [1.807, 2.05) is 29.2 Å². The molecule has 1 N–H and O–H groups in total. The molecule has 1 saturated heterocycles. The second-order valence-electron chi connectivity index (χ2n) is 4.99. The van der Waals surface area contributed by atoms with E-state index in [-0.39, 0.29) is 12.1 Å². The summed E-state index contributed by atoms with van der Waals surface area (Å²) in [5.41, 5.74) is 1.06. The van der Waals surface area contributed by atoms with Gasteiger partial charge in [0, 0.05) is 11.1 Å². The number of amides is 1. The van der Waals surface area contributed by atoms with Crippen molar-refractivity contribution in [3.05, 3.63) is 34.9 Å². The average Bonchev–Trinajstić information content (AvgIpc) is 2.78. The lowest BCUT2D eigenvalue weighted by Crippen LogP contribution is -2.39. The first-order valence-corrected chi connectivity index (χ1v) is 7.35. The van der Waals surface area contributed by atoms with Crippen molar-refractivity contribution < 1.29 is 4.79 Å². The molecule has 1 amide bonds. The third kappa shape index (κ3) is 3.10. The minimum Gasteiger partial charge on any atom is -0.319 e. The minimum absolute atomic E-state index is 0.0392. The van der Waals surface area contributed by atoms with Crippen LogP contribution in [0.3, 0.4) is 0 Å². The number of benzene rings is 1. The largest absolute Gasteiger partial charge is 0.319 e. The van der Waals surface area contributed by atoms with Crippen molar-refractivity contribution in [2.24, 2.45) is 0 Å². The third-order valence-corrected chi connectivity index (χ3v) is 3.90. The molecule has 104 valence electrons. The van der Waals surface area contributed by atoms with Gasteiger partial charge in [0.2, 0.25) is 5.91 Å². The summed E-state index contributed by atoms with van der Waals surface area (Å²) in [6, 6.07) is 8.05. The van der Waals surface area contributed by atoms with E-state index in [0.29, 0.717) is 17.6 Å². The van der Waals surface area contributed by atoms with E-state index >= 15 is 0 Å². The molecule has 0 aliphatic carbocycles. The first kappa shape index (κ1) is 14.4. The van der Waals surface area contributed by atoms with E-state index in [1.165, 1.54) is 0 Å². The quantitative estimate of drug-likeness (QED) is 0.897. The number of rotatable bonds is 5. The molecule has 1 aliphatic rings. The lowest BCUT2D eigenvalue weighted by molar-refractivity contribution is -0.130. The van der Waals surface area contributed by atoms with Gasteiger partial charge >= 0.3 is 0 Å². The summed E-state index contributed by atoms with van der Waals surface area (Å²) in [6.45, 7) is 4.71. The van der Waals surface area contributed by atoms with Gasteiger partial charge in [0.15, 0.2) is 0 Å². The molecule has 1 heterocycles. The zero-order valence-corrected chi connectivity index (χ0v) is 12.3. The summed E-state index contributed by atoms with van der Waals surface area (Å²) >= 11 is 6.05. The summed E-state index contributed by atoms with van der Waals surface area (Å²) < 4.78 is 0. The highest BCUT2D eigenvalue weighted by molar-refractivity contribution is 6.30. The van der Waals surface area contributed by atoms with Crippen LogP contribution >= 0.6 is 11.6 Å². The summed E-state index contributed by atoms with van der Waals surface area (Å²) in [7, 11) is 0. The van der Waals surface area contributed by atoms with Crippen LogP contribution in [0.4, 0.5) is 0 Å². The molecule has 2 unspecified atom stereocenters. The van der Waals surface area contributed by atoms with E-state index in [2.05, 4.69) is 19.2 Å². The Morgan fingerprint density at radius 2 is 2.26 bits per heavy atom. The number of carbonyl (C=O) groups excluding carboxylic acids is 1. The first-order valence-electron chi connectivity index (χ1n) is 6.97. The van der Waals surface area contributed by atoms with Gasteiger partial charge < -0.3 is 4.90 Å². The van der Waals surface area contributed by atoms with Crippen LogP contribution < -0.4 is 5.32 Å². The van der Waals surface area contributed by atoms with E-state index < -0.39 is 0 Å². The molecule has 19 heavy (non-hydrogen) atoms. The highest BCUT2D eigenvalue weighted by atomic mass is 35.5. The van der Waals surface area contributed by atoms with Crippen LogP contribution in [-0.4, -0.2) is 23.4 Å². The zero-order chi connectivity index (χ0) is 13.8. The molecular weight excluding hydrogens is 260 g/mol. The normalized spacial score (nSPS) is 20.9. The highest BCUT2D eigenvalue weighted by Crippen LogP contribution is 2.29. The van der Waals surface area contributed by atoms with Crippen LogP contribution in [0, 0.1) is 0 Å². The summed E-state index contributed by atoms with van der Waals surface area (Å²) in [5.74, 6) is 0.185. The molecule has 0 saturated carbocycles. The van der Waals surface area contributed by atoms with E-state index in [9.17, 15) is 4.79 Å². The van der Waals surface area contributed by atoms with Gasteiger partial charge in [-0.3, -0.25) is 10.1 Å². The SMILES string of the molecule is CCCC(CC)N1C(=O)CNC1c1cccc(Cl)c1. The molecular formula is C15H21ClN2O. The van der Waals surface area contributed by atoms with Crippen LogP contribution in [0.1, 0.15) is 44.8 Å². The van der Waals surface area contributed by atoms with Gasteiger partial charge in [-0.15, -0.1) is 0 Å². The van der Waals surface area contributed by atoms with Crippen molar-refractivity contribution >= 4 is 17.5 Å². The summed E-state index contributed by atoms with van der Waals surface area (Å²) in [4.78, 5) is 14.1. The molecule has 1 aromatic carbocycles. The zero-order valence-electron chi connectivity index (χ0n) is 11.5. The smallest absolute Gasteiger partial charge is 0.238 e. The van der Waals surface area contributed by atoms with Gasteiger partial charge in [0.05, 0.1) is 6.54 Å². The fraction of sp³-hybridized carbons (Fsp3) is 0.533.